The fraction of sp³-hybridized carbons (Fsp3) is 0.588. The molecule has 132 valence electrons. The number of benzene rings is 1. The first-order valence-corrected chi connectivity index (χ1v) is 10.0. The van der Waals surface area contributed by atoms with Crippen LogP contribution in [0.2, 0.25) is 0 Å². The molecule has 0 aliphatic heterocycles. The van der Waals surface area contributed by atoms with Crippen LogP contribution in [0.3, 0.4) is 0 Å². The van der Waals surface area contributed by atoms with Crippen LogP contribution in [0.4, 0.5) is 0 Å². The second-order valence-corrected chi connectivity index (χ2v) is 8.39. The summed E-state index contributed by atoms with van der Waals surface area (Å²) >= 11 is 0. The molecule has 0 atom stereocenters. The monoisotopic (exact) mass is 352 g/mol. The van der Waals surface area contributed by atoms with Crippen molar-refractivity contribution in [2.75, 3.05) is 6.54 Å². The highest BCUT2D eigenvalue weighted by molar-refractivity contribution is 7.89. The van der Waals surface area contributed by atoms with E-state index in [1.807, 2.05) is 0 Å². The van der Waals surface area contributed by atoms with E-state index in [9.17, 15) is 13.2 Å². The minimum Gasteiger partial charge on any atom is -0.408 e. The van der Waals surface area contributed by atoms with Gasteiger partial charge >= 0.3 is 5.76 Å². The molecule has 1 N–H and O–H groups in total. The number of rotatable bonds is 4. The molecule has 1 aromatic heterocycles. The summed E-state index contributed by atoms with van der Waals surface area (Å²) in [6.45, 7) is 0.471. The van der Waals surface area contributed by atoms with Gasteiger partial charge in [0, 0.05) is 19.7 Å². The summed E-state index contributed by atoms with van der Waals surface area (Å²) in [5, 5.41) is 0. The van der Waals surface area contributed by atoms with Crippen LogP contribution in [0.5, 0.6) is 0 Å². The fourth-order valence-corrected chi connectivity index (χ4v) is 4.47. The van der Waals surface area contributed by atoms with E-state index in [1.165, 1.54) is 48.8 Å². The van der Waals surface area contributed by atoms with Crippen LogP contribution in [0.25, 0.3) is 11.1 Å². The summed E-state index contributed by atoms with van der Waals surface area (Å²) in [6.07, 6.45) is 8.28. The lowest BCUT2D eigenvalue weighted by Crippen LogP contribution is -2.29. The molecule has 0 unspecified atom stereocenters. The van der Waals surface area contributed by atoms with Gasteiger partial charge in [-0.25, -0.2) is 17.9 Å². The van der Waals surface area contributed by atoms with Crippen LogP contribution in [-0.4, -0.2) is 19.5 Å². The Kier molecular flexibility index (Phi) is 5.10. The topological polar surface area (TPSA) is 81.3 Å². The van der Waals surface area contributed by atoms with E-state index in [-0.39, 0.29) is 10.5 Å². The number of sulfonamides is 1. The van der Waals surface area contributed by atoms with Gasteiger partial charge in [-0.1, -0.05) is 32.1 Å². The number of oxazole rings is 1. The van der Waals surface area contributed by atoms with E-state index in [4.69, 9.17) is 4.42 Å². The second-order valence-electron chi connectivity index (χ2n) is 6.62. The summed E-state index contributed by atoms with van der Waals surface area (Å²) < 4.78 is 34.2. The lowest BCUT2D eigenvalue weighted by molar-refractivity contribution is 0.376. The van der Waals surface area contributed by atoms with E-state index in [1.54, 1.807) is 13.1 Å². The van der Waals surface area contributed by atoms with Gasteiger partial charge in [0.15, 0.2) is 5.58 Å². The Morgan fingerprint density at radius 1 is 1.17 bits per heavy atom. The number of aromatic nitrogens is 1. The summed E-state index contributed by atoms with van der Waals surface area (Å²) in [6, 6.07) is 4.53. The molecule has 0 radical (unpaired) electrons. The lowest BCUT2D eigenvalue weighted by atomic mass is 9.91. The molecule has 1 aromatic carbocycles. The molecule has 1 aliphatic carbocycles. The number of hydrogen-bond acceptors (Lipinski definition) is 4. The van der Waals surface area contributed by atoms with Crippen molar-refractivity contribution < 1.29 is 12.8 Å². The number of fused-ring (bicyclic) bond motifs is 1. The van der Waals surface area contributed by atoms with E-state index in [0.29, 0.717) is 18.0 Å². The zero-order valence-electron chi connectivity index (χ0n) is 14.0. The minimum absolute atomic E-state index is 0.134. The lowest BCUT2D eigenvalue weighted by Gasteiger charge is -2.20. The molecule has 24 heavy (non-hydrogen) atoms. The third kappa shape index (κ3) is 3.72. The predicted octanol–water partition coefficient (Wildman–Crippen LogP) is 2.77. The smallest absolute Gasteiger partial charge is 0.408 e. The zero-order valence-corrected chi connectivity index (χ0v) is 14.8. The van der Waals surface area contributed by atoms with Crippen LogP contribution in [-0.2, 0) is 17.1 Å². The van der Waals surface area contributed by atoms with Crippen molar-refractivity contribution >= 4 is 21.1 Å². The number of aryl methyl sites for hydroxylation is 1. The van der Waals surface area contributed by atoms with Crippen molar-refractivity contribution in [3.8, 4) is 0 Å². The fourth-order valence-electron chi connectivity index (χ4n) is 3.34. The molecular formula is C17H24N2O4S. The highest BCUT2D eigenvalue weighted by Crippen LogP contribution is 2.23. The van der Waals surface area contributed by atoms with Crippen LogP contribution < -0.4 is 10.5 Å². The zero-order chi connectivity index (χ0) is 17.2. The van der Waals surface area contributed by atoms with Crippen LogP contribution in [0.1, 0.15) is 44.9 Å². The molecule has 1 heterocycles. The van der Waals surface area contributed by atoms with E-state index < -0.39 is 15.8 Å². The molecular weight excluding hydrogens is 328 g/mol. The van der Waals surface area contributed by atoms with Gasteiger partial charge in [-0.15, -0.1) is 0 Å². The Bertz CT molecular complexity index is 858. The van der Waals surface area contributed by atoms with Crippen LogP contribution in [0.15, 0.2) is 32.3 Å². The molecule has 0 saturated heterocycles. The summed E-state index contributed by atoms with van der Waals surface area (Å²) in [5.41, 5.74) is 0.871. The highest BCUT2D eigenvalue weighted by Gasteiger charge is 2.19. The first-order valence-electron chi connectivity index (χ1n) is 8.56. The summed E-state index contributed by atoms with van der Waals surface area (Å²) in [4.78, 5) is 11.7. The van der Waals surface area contributed by atoms with Gasteiger partial charge in [0.25, 0.3) is 0 Å². The minimum atomic E-state index is -3.60. The molecule has 2 aromatic rings. The van der Waals surface area contributed by atoms with Gasteiger partial charge < -0.3 is 4.42 Å². The number of hydrogen-bond donors (Lipinski definition) is 1. The molecule has 3 rings (SSSR count). The maximum absolute atomic E-state index is 12.5. The molecule has 0 bridgehead atoms. The van der Waals surface area contributed by atoms with Crippen molar-refractivity contribution in [3.63, 3.8) is 0 Å². The predicted molar refractivity (Wildman–Crippen MR) is 92.5 cm³/mol. The van der Waals surface area contributed by atoms with Crippen molar-refractivity contribution in [3.05, 3.63) is 28.7 Å². The average Bonchev–Trinajstić information content (AvgIpc) is 2.80. The molecule has 1 fully saturated rings. The molecule has 6 nitrogen and oxygen atoms in total. The van der Waals surface area contributed by atoms with Gasteiger partial charge in [0.1, 0.15) is 0 Å². The normalized spacial score (nSPS) is 17.7. The molecule has 0 spiro atoms. The SMILES string of the molecule is Cn1c(=O)oc2cc(S(=O)(=O)NCC3CCCCCCC3)ccc21. The maximum Gasteiger partial charge on any atom is 0.419 e. The van der Waals surface area contributed by atoms with Crippen molar-refractivity contribution in [1.82, 2.24) is 9.29 Å². The third-order valence-electron chi connectivity index (χ3n) is 4.86. The standard InChI is InChI=1S/C17H24N2O4S/c1-19-15-10-9-14(11-16(15)23-17(19)20)24(21,22)18-12-13-7-5-3-2-4-6-8-13/h9-11,13,18H,2-8,12H2,1H3. The van der Waals surface area contributed by atoms with Gasteiger partial charge in [0.05, 0.1) is 10.4 Å². The van der Waals surface area contributed by atoms with Crippen molar-refractivity contribution in [2.45, 2.75) is 49.8 Å². The van der Waals surface area contributed by atoms with Crippen molar-refractivity contribution in [2.24, 2.45) is 13.0 Å². The number of nitrogens with one attached hydrogen (secondary N) is 1. The van der Waals surface area contributed by atoms with Gasteiger partial charge in [-0.05, 0) is 30.9 Å². The molecule has 1 aliphatic rings. The summed E-state index contributed by atoms with van der Waals surface area (Å²) in [5.74, 6) is -0.0968. The Morgan fingerprint density at radius 2 is 1.83 bits per heavy atom. The Balaban J connectivity index is 1.73. The maximum atomic E-state index is 12.5. The van der Waals surface area contributed by atoms with Crippen LogP contribution >= 0.6 is 0 Å². The van der Waals surface area contributed by atoms with E-state index in [2.05, 4.69) is 4.72 Å². The first kappa shape index (κ1) is 17.2. The second kappa shape index (κ2) is 7.11. The van der Waals surface area contributed by atoms with Gasteiger partial charge in [-0.2, -0.15) is 0 Å². The van der Waals surface area contributed by atoms with E-state index in [0.717, 1.165) is 12.8 Å². The highest BCUT2D eigenvalue weighted by atomic mass is 32.2. The Morgan fingerprint density at radius 3 is 2.54 bits per heavy atom. The van der Waals surface area contributed by atoms with E-state index >= 15 is 0 Å². The molecule has 0 amide bonds. The Labute approximate surface area is 141 Å². The number of nitrogens with zero attached hydrogens (tertiary/aromatic N) is 1. The first-order chi connectivity index (χ1) is 11.5. The molecule has 1 saturated carbocycles. The van der Waals surface area contributed by atoms with Crippen molar-refractivity contribution in [1.29, 1.82) is 0 Å². The molecule has 7 heteroatoms. The van der Waals surface area contributed by atoms with Gasteiger partial charge in [-0.3, -0.25) is 4.57 Å². The van der Waals surface area contributed by atoms with Crippen LogP contribution in [0, 0.1) is 5.92 Å². The Hall–Kier alpha value is -1.60. The third-order valence-corrected chi connectivity index (χ3v) is 6.28. The average molecular weight is 352 g/mol. The quantitative estimate of drug-likeness (QED) is 0.917. The largest absolute Gasteiger partial charge is 0.419 e. The van der Waals surface area contributed by atoms with Gasteiger partial charge in [0.2, 0.25) is 10.0 Å². The summed E-state index contributed by atoms with van der Waals surface area (Å²) in [7, 11) is -2.00.